The van der Waals surface area contributed by atoms with E-state index in [1.165, 1.54) is 6.33 Å². The van der Waals surface area contributed by atoms with Crippen molar-refractivity contribution in [2.75, 3.05) is 29.9 Å². The number of nitro groups is 1. The zero-order chi connectivity index (χ0) is 20.1. The molecule has 3 rings (SSSR count). The van der Waals surface area contributed by atoms with Crippen molar-refractivity contribution in [1.29, 1.82) is 0 Å². The number of esters is 1. The summed E-state index contributed by atoms with van der Waals surface area (Å²) < 4.78 is 5.11. The summed E-state index contributed by atoms with van der Waals surface area (Å²) in [7, 11) is 0. The van der Waals surface area contributed by atoms with Crippen molar-refractivity contribution < 1.29 is 14.5 Å². The number of carbonyl (C=O) groups excluding carboxylic acids is 1. The Morgan fingerprint density at radius 3 is 2.79 bits per heavy atom. The van der Waals surface area contributed by atoms with Crippen LogP contribution in [0.3, 0.4) is 0 Å². The maximum atomic E-state index is 12.1. The van der Waals surface area contributed by atoms with Gasteiger partial charge in [0.1, 0.15) is 6.33 Å². The van der Waals surface area contributed by atoms with Gasteiger partial charge in [-0.1, -0.05) is 17.7 Å². The Hall–Kier alpha value is -3.23. The van der Waals surface area contributed by atoms with Crippen molar-refractivity contribution in [3.63, 3.8) is 0 Å². The highest BCUT2D eigenvalue weighted by molar-refractivity contribution is 5.77. The van der Waals surface area contributed by atoms with Gasteiger partial charge in [-0.25, -0.2) is 9.97 Å². The summed E-state index contributed by atoms with van der Waals surface area (Å²) in [6.45, 7) is 4.95. The second-order valence-corrected chi connectivity index (χ2v) is 6.68. The van der Waals surface area contributed by atoms with Crippen molar-refractivity contribution >= 4 is 29.0 Å². The lowest BCUT2D eigenvalue weighted by Crippen LogP contribution is -2.40. The zero-order valence-corrected chi connectivity index (χ0v) is 15.9. The summed E-state index contributed by atoms with van der Waals surface area (Å²) in [6, 6.07) is 7.48. The number of ether oxygens (including phenoxy) is 1. The fourth-order valence-corrected chi connectivity index (χ4v) is 3.26. The van der Waals surface area contributed by atoms with E-state index in [1.54, 1.807) is 11.8 Å². The fourth-order valence-electron chi connectivity index (χ4n) is 3.26. The van der Waals surface area contributed by atoms with Crippen LogP contribution in [-0.2, 0) is 9.53 Å². The Morgan fingerprint density at radius 1 is 1.36 bits per heavy atom. The van der Waals surface area contributed by atoms with Crippen molar-refractivity contribution in [3.8, 4) is 0 Å². The molecule has 1 atom stereocenters. The largest absolute Gasteiger partial charge is 0.466 e. The van der Waals surface area contributed by atoms with Crippen molar-refractivity contribution in [2.24, 2.45) is 5.92 Å². The third-order valence-corrected chi connectivity index (χ3v) is 4.64. The molecule has 148 valence electrons. The summed E-state index contributed by atoms with van der Waals surface area (Å²) in [4.78, 5) is 33.4. The van der Waals surface area contributed by atoms with Gasteiger partial charge in [0, 0.05) is 18.8 Å². The zero-order valence-electron chi connectivity index (χ0n) is 15.9. The number of nitrogens with one attached hydrogen (secondary N) is 1. The number of aryl methyl sites for hydroxylation is 1. The highest BCUT2D eigenvalue weighted by Crippen LogP contribution is 2.35. The molecule has 1 aliphatic heterocycles. The first-order chi connectivity index (χ1) is 13.5. The third kappa shape index (κ3) is 4.36. The van der Waals surface area contributed by atoms with E-state index in [2.05, 4.69) is 15.3 Å². The molecule has 0 saturated carbocycles. The first-order valence-electron chi connectivity index (χ1n) is 9.24. The molecule has 1 saturated heterocycles. The number of carbonyl (C=O) groups is 1. The lowest BCUT2D eigenvalue weighted by molar-refractivity contribution is -0.383. The number of hydrogen-bond donors (Lipinski definition) is 1. The van der Waals surface area contributed by atoms with Crippen LogP contribution < -0.4 is 10.2 Å². The van der Waals surface area contributed by atoms with Gasteiger partial charge in [0.2, 0.25) is 11.6 Å². The van der Waals surface area contributed by atoms with Gasteiger partial charge in [-0.05, 0) is 38.8 Å². The number of nitrogens with zero attached hydrogens (tertiary/aromatic N) is 4. The van der Waals surface area contributed by atoms with E-state index < -0.39 is 4.92 Å². The highest BCUT2D eigenvalue weighted by Gasteiger charge is 2.33. The summed E-state index contributed by atoms with van der Waals surface area (Å²) in [5.41, 5.74) is 1.58. The lowest BCUT2D eigenvalue weighted by Gasteiger charge is -2.32. The van der Waals surface area contributed by atoms with Crippen LogP contribution in [0.2, 0.25) is 0 Å². The predicted molar refractivity (Wildman–Crippen MR) is 105 cm³/mol. The highest BCUT2D eigenvalue weighted by atomic mass is 16.6. The van der Waals surface area contributed by atoms with Gasteiger partial charge >= 0.3 is 11.7 Å². The Kier molecular flexibility index (Phi) is 6.03. The van der Waals surface area contributed by atoms with Gasteiger partial charge in [0.05, 0.1) is 17.4 Å². The Morgan fingerprint density at radius 2 is 2.11 bits per heavy atom. The minimum absolute atomic E-state index is 0.122. The van der Waals surface area contributed by atoms with Crippen molar-refractivity contribution in [2.45, 2.75) is 26.7 Å². The van der Waals surface area contributed by atoms with Gasteiger partial charge < -0.3 is 15.0 Å². The topological polar surface area (TPSA) is 110 Å². The molecule has 0 amide bonds. The van der Waals surface area contributed by atoms with Gasteiger partial charge in [0.15, 0.2) is 0 Å². The number of anilines is 3. The van der Waals surface area contributed by atoms with E-state index in [9.17, 15) is 14.9 Å². The molecule has 0 bridgehead atoms. The van der Waals surface area contributed by atoms with Crippen LogP contribution in [0.15, 0.2) is 30.6 Å². The smallest absolute Gasteiger partial charge is 0.353 e. The van der Waals surface area contributed by atoms with E-state index in [-0.39, 0.29) is 29.2 Å². The number of aromatic nitrogens is 2. The maximum Gasteiger partial charge on any atom is 0.353 e. The third-order valence-electron chi connectivity index (χ3n) is 4.64. The molecule has 28 heavy (non-hydrogen) atoms. The summed E-state index contributed by atoms with van der Waals surface area (Å²) in [5, 5.41) is 14.8. The molecule has 2 aromatic rings. The molecular weight excluding hydrogens is 362 g/mol. The number of benzene rings is 1. The van der Waals surface area contributed by atoms with E-state index in [0.29, 0.717) is 31.8 Å². The molecule has 1 aliphatic rings. The molecule has 2 heterocycles. The Bertz CT molecular complexity index is 856. The summed E-state index contributed by atoms with van der Waals surface area (Å²) >= 11 is 0. The van der Waals surface area contributed by atoms with Crippen LogP contribution in [0.1, 0.15) is 25.3 Å². The van der Waals surface area contributed by atoms with Crippen molar-refractivity contribution in [1.82, 2.24) is 9.97 Å². The van der Waals surface area contributed by atoms with E-state index in [1.807, 2.05) is 31.2 Å². The van der Waals surface area contributed by atoms with Crippen LogP contribution in [0.25, 0.3) is 0 Å². The standard InChI is InChI=1S/C19H23N5O4/c1-3-28-19(25)14-5-4-10-23(11-14)18-16(24(26)27)17(20-12-21-18)22-15-8-6-13(2)7-9-15/h6-9,12,14H,3-5,10-11H2,1-2H3,(H,20,21,22). The predicted octanol–water partition coefficient (Wildman–Crippen LogP) is 3.22. The molecule has 9 heteroatoms. The molecule has 0 radical (unpaired) electrons. The molecule has 1 aromatic heterocycles. The van der Waals surface area contributed by atoms with Crippen LogP contribution >= 0.6 is 0 Å². The van der Waals surface area contributed by atoms with E-state index in [4.69, 9.17) is 4.74 Å². The lowest BCUT2D eigenvalue weighted by atomic mass is 9.98. The first-order valence-corrected chi connectivity index (χ1v) is 9.24. The van der Waals surface area contributed by atoms with Gasteiger partial charge in [-0.2, -0.15) is 0 Å². The SMILES string of the molecule is CCOC(=O)C1CCCN(c2ncnc(Nc3ccc(C)cc3)c2[N+](=O)[O-])C1. The number of piperidine rings is 1. The normalized spacial score (nSPS) is 16.5. The average Bonchev–Trinajstić information content (AvgIpc) is 2.69. The molecule has 1 aromatic carbocycles. The van der Waals surface area contributed by atoms with Crippen molar-refractivity contribution in [3.05, 3.63) is 46.3 Å². The first kappa shape index (κ1) is 19.5. The monoisotopic (exact) mass is 385 g/mol. The molecule has 0 spiro atoms. The number of rotatable bonds is 6. The molecule has 9 nitrogen and oxygen atoms in total. The molecule has 1 N–H and O–H groups in total. The Labute approximate surface area is 162 Å². The maximum absolute atomic E-state index is 12.1. The molecule has 1 unspecified atom stereocenters. The average molecular weight is 385 g/mol. The Balaban J connectivity index is 1.89. The van der Waals surface area contributed by atoms with Crippen LogP contribution in [-0.4, -0.2) is 40.6 Å². The van der Waals surface area contributed by atoms with Crippen LogP contribution in [0.5, 0.6) is 0 Å². The van der Waals surface area contributed by atoms with Crippen LogP contribution in [0.4, 0.5) is 23.0 Å². The van der Waals surface area contributed by atoms with E-state index in [0.717, 1.165) is 12.0 Å². The number of hydrogen-bond acceptors (Lipinski definition) is 8. The molecular formula is C19H23N5O4. The minimum atomic E-state index is -0.486. The molecule has 0 aliphatic carbocycles. The van der Waals surface area contributed by atoms with E-state index >= 15 is 0 Å². The quantitative estimate of drug-likeness (QED) is 0.458. The molecule has 1 fully saturated rings. The summed E-state index contributed by atoms with van der Waals surface area (Å²) in [6.07, 6.45) is 2.72. The van der Waals surface area contributed by atoms with Gasteiger partial charge in [-0.3, -0.25) is 14.9 Å². The van der Waals surface area contributed by atoms with Gasteiger partial charge in [-0.15, -0.1) is 0 Å². The second-order valence-electron chi connectivity index (χ2n) is 6.68. The summed E-state index contributed by atoms with van der Waals surface area (Å²) in [5.74, 6) is -0.264. The second kappa shape index (κ2) is 8.64. The van der Waals surface area contributed by atoms with Gasteiger partial charge in [0.25, 0.3) is 0 Å². The minimum Gasteiger partial charge on any atom is -0.466 e. The van der Waals surface area contributed by atoms with Crippen LogP contribution in [0, 0.1) is 23.0 Å². The fraction of sp³-hybridized carbons (Fsp3) is 0.421.